The maximum absolute atomic E-state index is 13.3. The number of nitrogens with one attached hydrogen (secondary N) is 4. The van der Waals surface area contributed by atoms with Gasteiger partial charge in [0.25, 0.3) is 11.8 Å². The highest BCUT2D eigenvalue weighted by molar-refractivity contribution is 9.11. The highest BCUT2D eigenvalue weighted by atomic mass is 79.9. The van der Waals surface area contributed by atoms with Gasteiger partial charge in [-0.15, -0.1) is 22.7 Å². The lowest BCUT2D eigenvalue weighted by Gasteiger charge is -2.27. The maximum atomic E-state index is 13.3. The number of amides is 4. The number of benzene rings is 1. The lowest BCUT2D eigenvalue weighted by molar-refractivity contribution is -0.155. The predicted octanol–water partition coefficient (Wildman–Crippen LogP) is 10.9. The minimum atomic E-state index is -3.35. The van der Waals surface area contributed by atoms with Gasteiger partial charge in [0.15, 0.2) is 5.16 Å². The second-order valence-corrected chi connectivity index (χ2v) is 31.2. The van der Waals surface area contributed by atoms with Gasteiger partial charge < -0.3 is 40.9 Å². The van der Waals surface area contributed by atoms with Crippen molar-refractivity contribution in [1.82, 2.24) is 84.3 Å². The number of thioether (sulfide) groups is 1. The molecule has 11 heterocycles. The van der Waals surface area contributed by atoms with Crippen LogP contribution in [0.25, 0.3) is 10.6 Å². The average Bonchev–Trinajstić information content (AvgIpc) is 1.62. The first kappa shape index (κ1) is 81.4. The first-order valence-corrected chi connectivity index (χ1v) is 37.8. The molecule has 0 aliphatic carbocycles. The Balaban J connectivity index is 0.000000191. The molecule has 546 valence electrons. The highest BCUT2D eigenvalue weighted by Crippen LogP contribution is 2.36. The summed E-state index contributed by atoms with van der Waals surface area (Å²) in [4.78, 5) is 98.6. The van der Waals surface area contributed by atoms with Gasteiger partial charge in [0.05, 0.1) is 63.3 Å². The number of halogens is 4. The van der Waals surface area contributed by atoms with E-state index in [-0.39, 0.29) is 53.7 Å². The molecule has 0 saturated carbocycles. The number of hydrogen-bond acceptors (Lipinski definition) is 25. The molecule has 103 heavy (non-hydrogen) atoms. The second-order valence-electron chi connectivity index (χ2n) is 23.7. The molecule has 0 radical (unpaired) electrons. The van der Waals surface area contributed by atoms with E-state index in [1.54, 1.807) is 104 Å². The molecule has 0 unspecified atom stereocenters. The maximum Gasteiger partial charge on any atom is 0.326 e. The van der Waals surface area contributed by atoms with Crippen LogP contribution in [0.3, 0.4) is 0 Å². The van der Waals surface area contributed by atoms with Crippen molar-refractivity contribution in [2.24, 2.45) is 21.1 Å². The van der Waals surface area contributed by atoms with Crippen LogP contribution in [0.4, 0.5) is 29.4 Å². The molecule has 9 aromatic heterocycles. The van der Waals surface area contributed by atoms with E-state index >= 15 is 0 Å². The summed E-state index contributed by atoms with van der Waals surface area (Å²) in [5.41, 5.74) is 6.73. The number of esters is 1. The Hall–Kier alpha value is -8.87. The topological polar surface area (TPSA) is 360 Å². The molecule has 2 aliphatic heterocycles. The van der Waals surface area contributed by atoms with Crippen molar-refractivity contribution in [2.45, 2.75) is 90.2 Å². The Morgan fingerprint density at radius 2 is 1.21 bits per heavy atom. The summed E-state index contributed by atoms with van der Waals surface area (Å²) in [6, 6.07) is 16.2. The zero-order valence-electron chi connectivity index (χ0n) is 58.4. The largest absolute Gasteiger partial charge is 0.459 e. The Morgan fingerprint density at radius 1 is 0.699 bits per heavy atom. The number of carbonyl (C=O) groups excluding carboxylic acids is 5. The quantitative estimate of drug-likeness (QED) is 0.0197. The average molecular weight is 1610 g/mol. The lowest BCUT2D eigenvalue weighted by Crippen LogP contribution is -2.45. The van der Waals surface area contributed by atoms with E-state index in [9.17, 15) is 37.5 Å². The molecule has 0 bridgehead atoms. The third kappa shape index (κ3) is 24.1. The van der Waals surface area contributed by atoms with Crippen LogP contribution in [0.5, 0.6) is 0 Å². The molecule has 1 atom stereocenters. The summed E-state index contributed by atoms with van der Waals surface area (Å²) < 4.78 is 33.0. The Kier molecular flexibility index (Phi) is 29.7. The number of aromatic nitrogens is 14. The van der Waals surface area contributed by atoms with Crippen molar-refractivity contribution in [3.05, 3.63) is 171 Å². The van der Waals surface area contributed by atoms with E-state index in [0.29, 0.717) is 70.6 Å². The summed E-state index contributed by atoms with van der Waals surface area (Å²) in [6.07, 6.45) is 16.6. The monoisotopic (exact) mass is 1600 g/mol. The smallest absolute Gasteiger partial charge is 0.326 e. The van der Waals surface area contributed by atoms with Gasteiger partial charge in [0.2, 0.25) is 39.2 Å². The molecule has 0 spiro atoms. The number of ether oxygens (including phenoxy) is 1. The fourth-order valence-corrected chi connectivity index (χ4v) is 13.4. The molecule has 37 heteroatoms. The van der Waals surface area contributed by atoms with Crippen molar-refractivity contribution >= 4 is 154 Å². The van der Waals surface area contributed by atoms with E-state index < -0.39 is 21.5 Å². The highest BCUT2D eigenvalue weighted by Gasteiger charge is 2.31. The minimum Gasteiger partial charge on any atom is -0.459 e. The number of aliphatic hydroxyl groups is 1. The third-order valence-electron chi connectivity index (χ3n) is 14.4. The summed E-state index contributed by atoms with van der Waals surface area (Å²) in [5.74, 6) is 2.24. The first-order chi connectivity index (χ1) is 48.7. The molecule has 4 amide bonds. The summed E-state index contributed by atoms with van der Waals surface area (Å²) in [5, 5.41) is 35.0. The summed E-state index contributed by atoms with van der Waals surface area (Å²) >= 11 is 25.2. The van der Waals surface area contributed by atoms with E-state index in [0.717, 1.165) is 81.4 Å². The number of nitrogens with zero attached hydrogens (tertiary/aromatic N) is 16. The Morgan fingerprint density at radius 3 is 1.72 bits per heavy atom. The lowest BCUT2D eigenvalue weighted by atomic mass is 10.0. The van der Waals surface area contributed by atoms with Gasteiger partial charge in [-0.1, -0.05) is 76.4 Å². The van der Waals surface area contributed by atoms with Crippen LogP contribution in [0, 0.1) is 34.6 Å². The number of aryl methyl sites for hydroxylation is 8. The van der Waals surface area contributed by atoms with Crippen molar-refractivity contribution in [3.63, 3.8) is 0 Å². The third-order valence-corrected chi connectivity index (χ3v) is 19.9. The fraction of sp³-hybridized carbons (Fsp3) is 0.333. The number of fused-ring (bicyclic) bond motifs is 2. The van der Waals surface area contributed by atoms with Gasteiger partial charge in [-0.3, -0.25) is 38.0 Å². The predicted molar refractivity (Wildman–Crippen MR) is 402 cm³/mol. The Bertz CT molecular complexity index is 4740. The minimum absolute atomic E-state index is 0.0169. The number of aliphatic hydroxyl groups excluding tert-OH is 1. The molecule has 0 fully saturated rings. The number of carbonyl (C=O) groups is 5. The van der Waals surface area contributed by atoms with Crippen molar-refractivity contribution in [1.29, 1.82) is 0 Å². The molecule has 1 aromatic carbocycles. The second kappa shape index (κ2) is 37.5. The van der Waals surface area contributed by atoms with Crippen LogP contribution in [0.2, 0.25) is 15.5 Å². The molecule has 2 aliphatic rings. The van der Waals surface area contributed by atoms with E-state index in [2.05, 4.69) is 87.4 Å². The van der Waals surface area contributed by atoms with Gasteiger partial charge in [0, 0.05) is 123 Å². The van der Waals surface area contributed by atoms with Crippen molar-refractivity contribution in [2.75, 3.05) is 61.2 Å². The SMILES string of the molecule is CC(C)(C)OC(=O)CN1CCc2sc(Br)cc2C1=O.CSc1ncc(C)c(Cl)n1.Cc1cccc([C@@H](CO)NC(=O)CN2CCc3sc(-c4nc(Nc5ccnn5C)ncc4C)cc3C2=O)c1.Cc1cnc(Nc2ccnn2C)nc1Cl.Cc1cnc(S(C)(=O)=O)nc1Cl.Cn1nccc1NC=O. The summed E-state index contributed by atoms with van der Waals surface area (Å²) in [6.45, 7) is 15.5. The number of anilines is 5. The van der Waals surface area contributed by atoms with Crippen LogP contribution < -0.4 is 21.3 Å². The van der Waals surface area contributed by atoms with Gasteiger partial charge >= 0.3 is 5.97 Å². The van der Waals surface area contributed by atoms with Crippen LogP contribution in [-0.4, -0.2) is 174 Å². The van der Waals surface area contributed by atoms with Gasteiger partial charge in [0.1, 0.15) is 45.1 Å². The van der Waals surface area contributed by atoms with Crippen LogP contribution in [0.15, 0.2) is 112 Å². The number of rotatable bonds is 16. The van der Waals surface area contributed by atoms with Crippen molar-refractivity contribution < 1.29 is 42.2 Å². The molecule has 5 N–H and O–H groups in total. The number of thiophene rings is 2. The zero-order chi connectivity index (χ0) is 75.5. The van der Waals surface area contributed by atoms with Crippen molar-refractivity contribution in [3.8, 4) is 10.6 Å². The molecule has 29 nitrogen and oxygen atoms in total. The van der Waals surface area contributed by atoms with E-state index in [1.165, 1.54) is 18.0 Å². The molecule has 12 rings (SSSR count). The normalized spacial score (nSPS) is 12.5. The zero-order valence-corrected chi connectivity index (χ0v) is 65.5. The van der Waals surface area contributed by atoms with Gasteiger partial charge in [-0.2, -0.15) is 15.3 Å². The molecular formula is C66H76BrCl3N20O9S4. The van der Waals surface area contributed by atoms with Gasteiger partial charge in [-0.05, 0) is 101 Å². The molecule has 0 saturated heterocycles. The summed E-state index contributed by atoms with van der Waals surface area (Å²) in [7, 11) is 2.07. The van der Waals surface area contributed by atoms with E-state index in [4.69, 9.17) is 44.5 Å². The standard InChI is InChI=1S/C27H29N7O3S.C13H16BrNO3S.C9H10ClN5.C6H7ClN2O2S.C6H7ClN2S.C5H7N3O/c1-16-5-4-6-18(11-16)20(15-35)30-24(36)14-34-10-8-21-19(26(34)37)12-22(38-21)25-17(2)13-28-27(32-25)31-23-7-9-29-33(23)3;1-13(2,3)18-11(16)7-15-5-4-9-8(12(15)17)6-10(14)19-9;1-6-5-11-9(14-8(6)10)13-7-3-4-12-15(7)2;1-4-3-8-6(9-5(4)7)12(2,10)11;1-4-3-8-6(10-2)9-5(4)7;1-8-5(6-4-9)2-3-7-8/h4-7,9,11-13,20,35H,8,10,14-15H2,1-3H3,(H,30,36)(H,28,31,32);6H,4-5,7H2,1-3H3;3-5H,1-2H3,(H,11,13,14);3H,1-2H3;3H,1-2H3;2-4H,1H3,(H,6,9)/t20-;;;;;/m1...../s1. The van der Waals surface area contributed by atoms with Crippen LogP contribution in [0.1, 0.15) is 90.7 Å². The molecule has 10 aromatic rings. The van der Waals surface area contributed by atoms with E-state index in [1.807, 2.05) is 117 Å². The Labute approximate surface area is 631 Å². The van der Waals surface area contributed by atoms with Crippen LogP contribution >= 0.6 is 85.2 Å². The van der Waals surface area contributed by atoms with Gasteiger partial charge in [-0.25, -0.2) is 48.3 Å². The first-order valence-electron chi connectivity index (χ1n) is 31.2. The fourth-order valence-electron chi connectivity index (χ4n) is 9.18. The number of hydrogen-bond donors (Lipinski definition) is 5. The molecular weight excluding hydrogens is 1530 g/mol. The van der Waals surface area contributed by atoms with Crippen LogP contribution in [-0.2, 0) is 62.9 Å². The number of sulfone groups is 1.